The molecule has 0 bridgehead atoms. The normalized spacial score (nSPS) is 10.8. The fourth-order valence-corrected chi connectivity index (χ4v) is 2.08. The Labute approximate surface area is 118 Å². The van der Waals surface area contributed by atoms with E-state index in [0.29, 0.717) is 18.0 Å². The van der Waals surface area contributed by atoms with E-state index >= 15 is 0 Å². The summed E-state index contributed by atoms with van der Waals surface area (Å²) in [4.78, 5) is 0. The summed E-state index contributed by atoms with van der Waals surface area (Å²) in [5.41, 5.74) is 2.82. The molecule has 100 valence electrons. The molecule has 19 heavy (non-hydrogen) atoms. The second-order valence-corrected chi connectivity index (χ2v) is 5.25. The Kier molecular flexibility index (Phi) is 4.43. The smallest absolute Gasteiger partial charge is 0.146 e. The van der Waals surface area contributed by atoms with Crippen molar-refractivity contribution in [1.82, 2.24) is 0 Å². The molecule has 2 aromatic rings. The van der Waals surface area contributed by atoms with E-state index in [1.165, 1.54) is 5.56 Å². The number of rotatable bonds is 4. The molecule has 0 atom stereocenters. The lowest BCUT2D eigenvalue weighted by Gasteiger charge is -2.11. The van der Waals surface area contributed by atoms with Gasteiger partial charge >= 0.3 is 0 Å². The third-order valence-corrected chi connectivity index (χ3v) is 3.36. The van der Waals surface area contributed by atoms with Crippen LogP contribution in [0.25, 0.3) is 0 Å². The van der Waals surface area contributed by atoms with Crippen molar-refractivity contribution in [2.75, 3.05) is 5.32 Å². The zero-order valence-electron chi connectivity index (χ0n) is 11.1. The van der Waals surface area contributed by atoms with E-state index in [-0.39, 0.29) is 10.8 Å². The molecule has 1 nitrogen and oxygen atoms in total. The molecule has 1 N–H and O–H groups in total. The summed E-state index contributed by atoms with van der Waals surface area (Å²) >= 11 is 5.76. The minimum absolute atomic E-state index is 0.162. The molecule has 3 heteroatoms. The zero-order chi connectivity index (χ0) is 13.8. The highest BCUT2D eigenvalue weighted by Crippen LogP contribution is 2.21. The van der Waals surface area contributed by atoms with Gasteiger partial charge in [0.1, 0.15) is 5.82 Å². The molecule has 0 unspecified atom stereocenters. The highest BCUT2D eigenvalue weighted by Gasteiger charge is 2.06. The maximum Gasteiger partial charge on any atom is 0.146 e. The minimum Gasteiger partial charge on any atom is -0.381 e. The van der Waals surface area contributed by atoms with Crippen LogP contribution in [0, 0.1) is 5.82 Å². The van der Waals surface area contributed by atoms with Gasteiger partial charge in [-0.3, -0.25) is 0 Å². The summed E-state index contributed by atoms with van der Waals surface area (Å²) in [5.74, 6) is 0.126. The molecule has 0 aromatic heterocycles. The number of nitrogens with one attached hydrogen (secondary N) is 1. The van der Waals surface area contributed by atoms with Gasteiger partial charge in [0.05, 0.1) is 5.02 Å². The third kappa shape index (κ3) is 3.48. The summed E-state index contributed by atoms with van der Waals surface area (Å²) in [7, 11) is 0. The van der Waals surface area contributed by atoms with E-state index in [4.69, 9.17) is 11.6 Å². The van der Waals surface area contributed by atoms with Crippen molar-refractivity contribution in [2.45, 2.75) is 26.3 Å². The van der Waals surface area contributed by atoms with Crippen molar-refractivity contribution in [1.29, 1.82) is 0 Å². The molecule has 0 radical (unpaired) electrons. The highest BCUT2D eigenvalue weighted by atomic mass is 35.5. The molecular formula is C16H17ClFN. The fourth-order valence-electron chi connectivity index (χ4n) is 1.89. The molecule has 0 fully saturated rings. The van der Waals surface area contributed by atoms with E-state index in [1.807, 2.05) is 12.1 Å². The van der Waals surface area contributed by atoms with Gasteiger partial charge in [-0.1, -0.05) is 49.7 Å². The predicted molar refractivity (Wildman–Crippen MR) is 79.3 cm³/mol. The highest BCUT2D eigenvalue weighted by molar-refractivity contribution is 6.30. The fraction of sp³-hybridized carbons (Fsp3) is 0.250. The molecule has 2 aromatic carbocycles. The molecule has 0 heterocycles. The molecule has 0 aliphatic rings. The zero-order valence-corrected chi connectivity index (χ0v) is 11.8. The van der Waals surface area contributed by atoms with Gasteiger partial charge in [0, 0.05) is 17.8 Å². The number of anilines is 1. The Bertz CT molecular complexity index is 566. The van der Waals surface area contributed by atoms with Crippen molar-refractivity contribution < 1.29 is 4.39 Å². The topological polar surface area (TPSA) is 12.0 Å². The average Bonchev–Trinajstić information content (AvgIpc) is 2.41. The first-order valence-electron chi connectivity index (χ1n) is 6.34. The van der Waals surface area contributed by atoms with Gasteiger partial charge in [0.15, 0.2) is 0 Å². The van der Waals surface area contributed by atoms with Crippen LogP contribution in [0.5, 0.6) is 0 Å². The lowest BCUT2D eigenvalue weighted by atomic mass is 10.0. The number of benzene rings is 2. The van der Waals surface area contributed by atoms with Gasteiger partial charge in [0.25, 0.3) is 0 Å². The molecule has 0 saturated heterocycles. The van der Waals surface area contributed by atoms with E-state index in [1.54, 1.807) is 18.2 Å². The predicted octanol–water partition coefficient (Wildman–Crippen LogP) is 5.21. The summed E-state index contributed by atoms with van der Waals surface area (Å²) in [6.45, 7) is 4.72. The lowest BCUT2D eigenvalue weighted by molar-refractivity contribution is 0.613. The minimum atomic E-state index is -0.350. The van der Waals surface area contributed by atoms with E-state index in [2.05, 4.69) is 31.3 Å². The van der Waals surface area contributed by atoms with Crippen LogP contribution in [-0.4, -0.2) is 0 Å². The van der Waals surface area contributed by atoms with Gasteiger partial charge in [-0.25, -0.2) is 4.39 Å². The second kappa shape index (κ2) is 6.07. The Morgan fingerprint density at radius 2 is 1.89 bits per heavy atom. The van der Waals surface area contributed by atoms with Crippen LogP contribution in [0.15, 0.2) is 42.5 Å². The van der Waals surface area contributed by atoms with Crippen LogP contribution < -0.4 is 5.32 Å². The molecule has 0 aliphatic heterocycles. The van der Waals surface area contributed by atoms with Gasteiger partial charge in [0.2, 0.25) is 0 Å². The first kappa shape index (κ1) is 13.9. The summed E-state index contributed by atoms with van der Waals surface area (Å²) < 4.78 is 13.7. The monoisotopic (exact) mass is 277 g/mol. The Hall–Kier alpha value is -1.54. The van der Waals surface area contributed by atoms with E-state index in [0.717, 1.165) is 5.69 Å². The Morgan fingerprint density at radius 3 is 2.63 bits per heavy atom. The molecule has 0 spiro atoms. The number of halogens is 2. The largest absolute Gasteiger partial charge is 0.381 e. The third-order valence-electron chi connectivity index (χ3n) is 3.07. The first-order valence-corrected chi connectivity index (χ1v) is 6.72. The van der Waals surface area contributed by atoms with Crippen LogP contribution in [0.1, 0.15) is 30.9 Å². The molecule has 0 amide bonds. The van der Waals surface area contributed by atoms with E-state index < -0.39 is 0 Å². The van der Waals surface area contributed by atoms with Crippen LogP contribution in [0.2, 0.25) is 5.02 Å². The average molecular weight is 278 g/mol. The van der Waals surface area contributed by atoms with Crippen molar-refractivity contribution in [2.24, 2.45) is 0 Å². The van der Waals surface area contributed by atoms with Crippen LogP contribution in [0.3, 0.4) is 0 Å². The molecule has 0 aliphatic carbocycles. The Morgan fingerprint density at radius 1 is 1.16 bits per heavy atom. The van der Waals surface area contributed by atoms with Gasteiger partial charge in [-0.05, 0) is 29.7 Å². The lowest BCUT2D eigenvalue weighted by Crippen LogP contribution is -2.02. The van der Waals surface area contributed by atoms with Crippen molar-refractivity contribution in [3.05, 3.63) is 64.4 Å². The maximum absolute atomic E-state index is 13.7. The van der Waals surface area contributed by atoms with Gasteiger partial charge in [-0.15, -0.1) is 0 Å². The standard InChI is InChI=1S/C16H17ClFN/c1-11(2)12-5-3-7-14(9-12)19-10-13-6-4-8-15(17)16(13)18/h3-9,11,19H,10H2,1-2H3. The molecular weight excluding hydrogens is 261 g/mol. The van der Waals surface area contributed by atoms with Crippen molar-refractivity contribution >= 4 is 17.3 Å². The van der Waals surface area contributed by atoms with Gasteiger partial charge in [-0.2, -0.15) is 0 Å². The Balaban J connectivity index is 2.10. The summed E-state index contributed by atoms with van der Waals surface area (Å²) in [6.07, 6.45) is 0. The maximum atomic E-state index is 13.7. The van der Waals surface area contributed by atoms with Gasteiger partial charge < -0.3 is 5.32 Å². The van der Waals surface area contributed by atoms with Crippen LogP contribution in [0.4, 0.5) is 10.1 Å². The van der Waals surface area contributed by atoms with E-state index in [9.17, 15) is 4.39 Å². The first-order chi connectivity index (χ1) is 9.08. The summed E-state index contributed by atoms with van der Waals surface area (Å²) in [5, 5.41) is 3.39. The molecule has 0 saturated carbocycles. The van der Waals surface area contributed by atoms with Crippen molar-refractivity contribution in [3.8, 4) is 0 Å². The molecule has 2 rings (SSSR count). The van der Waals surface area contributed by atoms with Crippen LogP contribution in [-0.2, 0) is 6.54 Å². The quantitative estimate of drug-likeness (QED) is 0.808. The number of hydrogen-bond donors (Lipinski definition) is 1. The second-order valence-electron chi connectivity index (χ2n) is 4.85. The SMILES string of the molecule is CC(C)c1cccc(NCc2cccc(Cl)c2F)c1. The summed E-state index contributed by atoms with van der Waals surface area (Å²) in [6, 6.07) is 13.2. The van der Waals surface area contributed by atoms with Crippen molar-refractivity contribution in [3.63, 3.8) is 0 Å². The van der Waals surface area contributed by atoms with Crippen LogP contribution >= 0.6 is 11.6 Å². The number of hydrogen-bond acceptors (Lipinski definition) is 1.